The molecule has 0 radical (unpaired) electrons. The van der Waals surface area contributed by atoms with E-state index in [1.54, 1.807) is 19.1 Å². The van der Waals surface area contributed by atoms with Crippen LogP contribution in [0.4, 0.5) is 0 Å². The van der Waals surface area contributed by atoms with Gasteiger partial charge in [-0.25, -0.2) is 0 Å². The second kappa shape index (κ2) is 4.08. The summed E-state index contributed by atoms with van der Waals surface area (Å²) in [6, 6.07) is 9.02. The number of ketones is 1. The van der Waals surface area contributed by atoms with Gasteiger partial charge < -0.3 is 0 Å². The minimum absolute atomic E-state index is 0.0215. The molecule has 0 aliphatic rings. The summed E-state index contributed by atoms with van der Waals surface area (Å²) >= 11 is 2.17. The Balaban J connectivity index is 2.46. The van der Waals surface area contributed by atoms with Crippen molar-refractivity contribution in [2.45, 2.75) is 6.92 Å². The molecule has 0 amide bonds. The molecule has 0 N–H and O–H groups in total. The van der Waals surface area contributed by atoms with Gasteiger partial charge in [0, 0.05) is 10.4 Å². The molecule has 15 heavy (non-hydrogen) atoms. The Hall–Kier alpha value is -1.26. The summed E-state index contributed by atoms with van der Waals surface area (Å²) in [6.45, 7) is 1.80. The van der Waals surface area contributed by atoms with E-state index in [9.17, 15) is 9.59 Å². The largest absolute Gasteiger partial charge is 0.288 e. The van der Waals surface area contributed by atoms with Crippen LogP contribution in [0, 0.1) is 6.92 Å². The minimum Gasteiger partial charge on any atom is -0.288 e. The quantitative estimate of drug-likeness (QED) is 0.751. The molecule has 4 heteroatoms. The molecule has 0 spiro atoms. The van der Waals surface area contributed by atoms with Crippen LogP contribution < -0.4 is 4.06 Å². The number of hydrogen-bond donors (Lipinski definition) is 0. The minimum atomic E-state index is -0.0588. The van der Waals surface area contributed by atoms with Crippen molar-refractivity contribution in [1.29, 1.82) is 0 Å². The second-order valence-electron chi connectivity index (χ2n) is 3.03. The zero-order valence-corrected chi connectivity index (χ0v) is 9.65. The molecule has 0 unspecified atom stereocenters. The van der Waals surface area contributed by atoms with E-state index in [1.807, 2.05) is 18.2 Å². The molecule has 0 saturated carbocycles. The van der Waals surface area contributed by atoms with Gasteiger partial charge in [-0.2, -0.15) is 0 Å². The van der Waals surface area contributed by atoms with Gasteiger partial charge in [-0.05, 0) is 6.92 Å². The first kappa shape index (κ1) is 10.3. The monoisotopic (exact) mass is 236 g/mol. The first-order chi connectivity index (χ1) is 7.18. The van der Waals surface area contributed by atoms with E-state index in [1.165, 1.54) is 0 Å². The average molecular weight is 236 g/mol. The maximum Gasteiger partial charge on any atom is 0.288 e. The summed E-state index contributed by atoms with van der Waals surface area (Å²) in [5, 5.41) is 0. The van der Waals surface area contributed by atoms with E-state index >= 15 is 0 Å². The first-order valence-corrected chi connectivity index (χ1v) is 6.02. The molecule has 2 rings (SSSR count). The third kappa shape index (κ3) is 2.06. The highest BCUT2D eigenvalue weighted by atomic mass is 32.2. The van der Waals surface area contributed by atoms with E-state index in [2.05, 4.69) is 0 Å². The van der Waals surface area contributed by atoms with E-state index in [-0.39, 0.29) is 9.84 Å². The molecule has 1 aromatic carbocycles. The Morgan fingerprint density at radius 1 is 1.13 bits per heavy atom. The summed E-state index contributed by atoms with van der Waals surface area (Å²) < 4.78 is -0.0215. The molecular weight excluding hydrogens is 228 g/mol. The maximum atomic E-state index is 12.0. The van der Waals surface area contributed by atoms with Crippen LogP contribution in [0.15, 0.2) is 35.1 Å². The first-order valence-electron chi connectivity index (χ1n) is 4.39. The Morgan fingerprint density at radius 2 is 1.80 bits per heavy atom. The highest BCUT2D eigenvalue weighted by Gasteiger charge is 2.14. The van der Waals surface area contributed by atoms with Gasteiger partial charge in [0.1, 0.15) is 0 Å². The van der Waals surface area contributed by atoms with Crippen LogP contribution >= 0.6 is 22.7 Å². The molecule has 0 bridgehead atoms. The van der Waals surface area contributed by atoms with Gasteiger partial charge >= 0.3 is 0 Å². The molecule has 0 aliphatic carbocycles. The zero-order chi connectivity index (χ0) is 10.8. The van der Waals surface area contributed by atoms with Crippen molar-refractivity contribution in [2.75, 3.05) is 0 Å². The molecule has 2 nitrogen and oxygen atoms in total. The van der Waals surface area contributed by atoms with E-state index < -0.39 is 0 Å². The zero-order valence-electron chi connectivity index (χ0n) is 8.02. The summed E-state index contributed by atoms with van der Waals surface area (Å²) in [5.41, 5.74) is 0.634. The van der Waals surface area contributed by atoms with Crippen molar-refractivity contribution in [3.05, 3.63) is 54.5 Å². The average Bonchev–Trinajstić information content (AvgIpc) is 2.58. The normalized spacial score (nSPS) is 10.2. The van der Waals surface area contributed by atoms with Crippen LogP contribution in [0.5, 0.6) is 0 Å². The van der Waals surface area contributed by atoms with E-state index in [0.29, 0.717) is 10.4 Å². The highest BCUT2D eigenvalue weighted by Crippen LogP contribution is 2.19. The van der Waals surface area contributed by atoms with Crippen LogP contribution in [-0.2, 0) is 0 Å². The van der Waals surface area contributed by atoms with Crippen molar-refractivity contribution in [1.82, 2.24) is 0 Å². The number of hydrogen-bond acceptors (Lipinski definition) is 4. The predicted octanol–water partition coefficient (Wildman–Crippen LogP) is 2.71. The van der Waals surface area contributed by atoms with Crippen LogP contribution in [0.25, 0.3) is 0 Å². The summed E-state index contributed by atoms with van der Waals surface area (Å²) in [6.07, 6.45) is 0. The number of rotatable bonds is 2. The standard InChI is InChI=1S/C11H8O2S2/c1-7-10(15-11(13)14-7)9(12)8-5-3-2-4-6-8/h2-6H,1H3. The van der Waals surface area contributed by atoms with Crippen molar-refractivity contribution >= 4 is 28.5 Å². The smallest absolute Gasteiger partial charge is 0.288 e. The molecule has 0 atom stereocenters. The second-order valence-corrected chi connectivity index (χ2v) is 5.46. The van der Waals surface area contributed by atoms with Gasteiger partial charge in [0.05, 0.1) is 4.88 Å². The lowest BCUT2D eigenvalue weighted by Gasteiger charge is -1.97. The third-order valence-electron chi connectivity index (χ3n) is 1.98. The molecular formula is C11H8O2S2. The topological polar surface area (TPSA) is 34.1 Å². The third-order valence-corrected chi connectivity index (χ3v) is 4.15. The van der Waals surface area contributed by atoms with Crippen molar-refractivity contribution in [2.24, 2.45) is 0 Å². The lowest BCUT2D eigenvalue weighted by molar-refractivity contribution is 0.104. The Labute approximate surface area is 94.8 Å². The fraction of sp³-hybridized carbons (Fsp3) is 0.0909. The molecule has 1 heterocycles. The molecule has 0 saturated heterocycles. The van der Waals surface area contributed by atoms with Crippen LogP contribution in [0.2, 0.25) is 0 Å². The van der Waals surface area contributed by atoms with Gasteiger partial charge in [-0.3, -0.25) is 9.59 Å². The van der Waals surface area contributed by atoms with E-state index in [0.717, 1.165) is 27.6 Å². The lowest BCUT2D eigenvalue weighted by atomic mass is 10.1. The molecule has 0 fully saturated rings. The number of carbonyl (C=O) groups is 1. The number of aryl methyl sites for hydroxylation is 1. The van der Waals surface area contributed by atoms with Gasteiger partial charge in [-0.15, -0.1) is 0 Å². The molecule has 2 aromatic rings. The van der Waals surface area contributed by atoms with Crippen molar-refractivity contribution in [3.63, 3.8) is 0 Å². The van der Waals surface area contributed by atoms with Crippen molar-refractivity contribution < 1.29 is 4.79 Å². The fourth-order valence-electron chi connectivity index (χ4n) is 1.27. The number of carbonyl (C=O) groups excluding carboxylic acids is 1. The van der Waals surface area contributed by atoms with Crippen LogP contribution in [0.3, 0.4) is 0 Å². The Bertz CT molecular complexity index is 537. The SMILES string of the molecule is Cc1sc(=O)sc1C(=O)c1ccccc1. The van der Waals surface area contributed by atoms with Gasteiger partial charge in [0.2, 0.25) is 5.78 Å². The Morgan fingerprint density at radius 3 is 2.33 bits per heavy atom. The van der Waals surface area contributed by atoms with Crippen LogP contribution in [0.1, 0.15) is 20.1 Å². The molecule has 1 aromatic heterocycles. The van der Waals surface area contributed by atoms with Gasteiger partial charge in [0.25, 0.3) is 4.06 Å². The number of benzene rings is 1. The van der Waals surface area contributed by atoms with Gasteiger partial charge in [-0.1, -0.05) is 53.0 Å². The predicted molar refractivity (Wildman–Crippen MR) is 63.1 cm³/mol. The summed E-state index contributed by atoms with van der Waals surface area (Å²) in [7, 11) is 0. The Kier molecular flexibility index (Phi) is 2.79. The maximum absolute atomic E-state index is 12.0. The highest BCUT2D eigenvalue weighted by molar-refractivity contribution is 7.28. The lowest BCUT2D eigenvalue weighted by Crippen LogP contribution is -1.99. The van der Waals surface area contributed by atoms with Crippen LogP contribution in [-0.4, -0.2) is 5.78 Å². The van der Waals surface area contributed by atoms with E-state index in [4.69, 9.17) is 0 Å². The van der Waals surface area contributed by atoms with Gasteiger partial charge in [0.15, 0.2) is 0 Å². The molecule has 76 valence electrons. The fourth-order valence-corrected chi connectivity index (χ4v) is 3.27. The summed E-state index contributed by atoms with van der Waals surface area (Å²) in [4.78, 5) is 24.5. The van der Waals surface area contributed by atoms with Crippen molar-refractivity contribution in [3.8, 4) is 0 Å². The summed E-state index contributed by atoms with van der Waals surface area (Å²) in [5.74, 6) is -0.0588. The molecule has 0 aliphatic heterocycles.